The van der Waals surface area contributed by atoms with Gasteiger partial charge < -0.3 is 10.6 Å². The summed E-state index contributed by atoms with van der Waals surface area (Å²) in [6.45, 7) is 3.04. The monoisotopic (exact) mass is 370 g/mol. The minimum Gasteiger partial charge on any atom is -0.347 e. The molecule has 2 N–H and O–H groups in total. The van der Waals surface area contributed by atoms with Crippen molar-refractivity contribution in [2.75, 3.05) is 25.0 Å². The summed E-state index contributed by atoms with van der Waals surface area (Å²) >= 11 is 0. The number of hydrogen-bond acceptors (Lipinski definition) is 4. The highest BCUT2D eigenvalue weighted by atomic mass is 19.1. The van der Waals surface area contributed by atoms with Gasteiger partial charge in [-0.1, -0.05) is 18.2 Å². The van der Waals surface area contributed by atoms with Crippen LogP contribution in [-0.2, 0) is 15.1 Å². The molecule has 1 saturated heterocycles. The molecule has 1 aliphatic heterocycles. The average molecular weight is 370 g/mol. The summed E-state index contributed by atoms with van der Waals surface area (Å²) < 4.78 is 13.3. The van der Waals surface area contributed by atoms with Gasteiger partial charge in [-0.2, -0.15) is 0 Å². The smallest absolute Gasteiger partial charge is 0.239 e. The molecule has 1 aromatic heterocycles. The van der Waals surface area contributed by atoms with E-state index in [1.165, 1.54) is 19.1 Å². The first-order valence-electron chi connectivity index (χ1n) is 8.95. The molecule has 1 fully saturated rings. The van der Waals surface area contributed by atoms with Crippen LogP contribution in [0.1, 0.15) is 25.3 Å². The van der Waals surface area contributed by atoms with E-state index in [4.69, 9.17) is 0 Å². The van der Waals surface area contributed by atoms with Crippen molar-refractivity contribution in [1.82, 2.24) is 15.2 Å². The molecule has 1 aromatic carbocycles. The maximum atomic E-state index is 13.3. The van der Waals surface area contributed by atoms with Crippen LogP contribution in [0.3, 0.4) is 0 Å². The van der Waals surface area contributed by atoms with Gasteiger partial charge in [-0.05, 0) is 42.7 Å². The second kappa shape index (κ2) is 8.26. The summed E-state index contributed by atoms with van der Waals surface area (Å²) in [5.74, 6) is -0.0260. The molecule has 3 rings (SSSR count). The van der Waals surface area contributed by atoms with Gasteiger partial charge in [0.25, 0.3) is 0 Å². The molecule has 0 radical (unpaired) electrons. The van der Waals surface area contributed by atoms with Crippen LogP contribution in [0.2, 0.25) is 0 Å². The minimum atomic E-state index is -0.534. The van der Waals surface area contributed by atoms with Gasteiger partial charge in [0, 0.05) is 26.2 Å². The number of likely N-dealkylation sites (tertiary alicyclic amines) is 1. The Morgan fingerprint density at radius 1 is 1.15 bits per heavy atom. The van der Waals surface area contributed by atoms with E-state index in [1.807, 2.05) is 11.0 Å². The van der Waals surface area contributed by atoms with E-state index in [-0.39, 0.29) is 24.2 Å². The normalized spacial score (nSPS) is 16.5. The first-order valence-corrected chi connectivity index (χ1v) is 8.95. The Morgan fingerprint density at radius 3 is 2.44 bits per heavy atom. The molecule has 0 aliphatic carbocycles. The van der Waals surface area contributed by atoms with Gasteiger partial charge >= 0.3 is 0 Å². The van der Waals surface area contributed by atoms with Crippen molar-refractivity contribution in [3.05, 3.63) is 60.0 Å². The van der Waals surface area contributed by atoms with Gasteiger partial charge in [0.15, 0.2) is 0 Å². The lowest BCUT2D eigenvalue weighted by Gasteiger charge is -2.42. The largest absolute Gasteiger partial charge is 0.347 e. The Balaban J connectivity index is 1.63. The van der Waals surface area contributed by atoms with Crippen LogP contribution in [0, 0.1) is 5.82 Å². The second-order valence-electron chi connectivity index (χ2n) is 6.81. The third-order valence-electron chi connectivity index (χ3n) is 4.82. The lowest BCUT2D eigenvalue weighted by Crippen LogP contribution is -2.53. The highest BCUT2D eigenvalue weighted by molar-refractivity contribution is 5.91. The lowest BCUT2D eigenvalue weighted by atomic mass is 9.80. The molecule has 0 saturated carbocycles. The Hall–Kier alpha value is -2.80. The third-order valence-corrected chi connectivity index (χ3v) is 4.82. The molecule has 0 spiro atoms. The number of rotatable bonds is 5. The standard InChI is InChI=1S/C20H23FN4O2/c1-15(26)24-20(16-5-7-17(21)8-6-16)9-12-25(13-10-20)14-19(27)23-18-4-2-3-11-22-18/h2-8,11H,9-10,12-14H2,1H3,(H,24,26)(H,22,23,27). The van der Waals surface area contributed by atoms with Crippen LogP contribution in [0.5, 0.6) is 0 Å². The maximum Gasteiger partial charge on any atom is 0.239 e. The van der Waals surface area contributed by atoms with Crippen molar-refractivity contribution in [1.29, 1.82) is 0 Å². The first-order chi connectivity index (χ1) is 13.0. The summed E-state index contributed by atoms with van der Waals surface area (Å²) in [5, 5.41) is 5.82. The molecule has 7 heteroatoms. The summed E-state index contributed by atoms with van der Waals surface area (Å²) in [5.41, 5.74) is 0.352. The molecule has 0 atom stereocenters. The van der Waals surface area contributed by atoms with Gasteiger partial charge in [-0.25, -0.2) is 9.37 Å². The van der Waals surface area contributed by atoms with E-state index in [0.717, 1.165) is 5.56 Å². The molecule has 27 heavy (non-hydrogen) atoms. The topological polar surface area (TPSA) is 74.3 Å². The van der Waals surface area contributed by atoms with E-state index >= 15 is 0 Å². The van der Waals surface area contributed by atoms with Crippen molar-refractivity contribution >= 4 is 17.6 Å². The molecule has 0 unspecified atom stereocenters. The summed E-state index contributed by atoms with van der Waals surface area (Å²) in [6.07, 6.45) is 2.92. The van der Waals surface area contributed by atoms with E-state index in [0.29, 0.717) is 31.7 Å². The van der Waals surface area contributed by atoms with E-state index < -0.39 is 5.54 Å². The predicted molar refractivity (Wildman–Crippen MR) is 100 cm³/mol. The van der Waals surface area contributed by atoms with Crippen LogP contribution < -0.4 is 10.6 Å². The van der Waals surface area contributed by atoms with Gasteiger partial charge in [-0.3, -0.25) is 14.5 Å². The Morgan fingerprint density at radius 2 is 1.85 bits per heavy atom. The minimum absolute atomic E-state index is 0.123. The number of piperidine rings is 1. The van der Waals surface area contributed by atoms with E-state index in [1.54, 1.807) is 30.5 Å². The number of nitrogens with one attached hydrogen (secondary N) is 2. The van der Waals surface area contributed by atoms with Gasteiger partial charge in [0.1, 0.15) is 11.6 Å². The third kappa shape index (κ3) is 4.89. The molecular weight excluding hydrogens is 347 g/mol. The molecule has 142 valence electrons. The number of hydrogen-bond donors (Lipinski definition) is 2. The van der Waals surface area contributed by atoms with Gasteiger partial charge in [0.05, 0.1) is 12.1 Å². The van der Waals surface area contributed by atoms with Crippen LogP contribution in [0.25, 0.3) is 0 Å². The SMILES string of the molecule is CC(=O)NC1(c2ccc(F)cc2)CCN(CC(=O)Nc2ccccn2)CC1. The summed E-state index contributed by atoms with van der Waals surface area (Å²) in [4.78, 5) is 30.1. The van der Waals surface area contributed by atoms with E-state index in [9.17, 15) is 14.0 Å². The fourth-order valence-electron chi connectivity index (χ4n) is 3.51. The van der Waals surface area contributed by atoms with Gasteiger partial charge in [-0.15, -0.1) is 0 Å². The molecular formula is C20H23FN4O2. The van der Waals surface area contributed by atoms with Crippen molar-refractivity contribution in [2.24, 2.45) is 0 Å². The van der Waals surface area contributed by atoms with Crippen LogP contribution >= 0.6 is 0 Å². The Bertz CT molecular complexity index is 787. The molecule has 0 bridgehead atoms. The number of amides is 2. The molecule has 2 amide bonds. The lowest BCUT2D eigenvalue weighted by molar-refractivity contribution is -0.122. The first kappa shape index (κ1) is 19.0. The maximum absolute atomic E-state index is 13.3. The number of carbonyl (C=O) groups excluding carboxylic acids is 2. The molecule has 1 aliphatic rings. The highest BCUT2D eigenvalue weighted by Crippen LogP contribution is 2.33. The number of carbonyl (C=O) groups is 2. The van der Waals surface area contributed by atoms with Crippen LogP contribution in [0.15, 0.2) is 48.7 Å². The zero-order valence-electron chi connectivity index (χ0n) is 15.2. The van der Waals surface area contributed by atoms with Crippen molar-refractivity contribution in [3.63, 3.8) is 0 Å². The van der Waals surface area contributed by atoms with Crippen LogP contribution in [0.4, 0.5) is 10.2 Å². The van der Waals surface area contributed by atoms with Crippen molar-refractivity contribution in [2.45, 2.75) is 25.3 Å². The van der Waals surface area contributed by atoms with E-state index in [2.05, 4.69) is 15.6 Å². The highest BCUT2D eigenvalue weighted by Gasteiger charge is 2.37. The van der Waals surface area contributed by atoms with Crippen molar-refractivity contribution in [3.8, 4) is 0 Å². The summed E-state index contributed by atoms with van der Waals surface area (Å²) in [6, 6.07) is 11.6. The number of nitrogens with zero attached hydrogens (tertiary/aromatic N) is 2. The second-order valence-corrected chi connectivity index (χ2v) is 6.81. The Kier molecular flexibility index (Phi) is 5.81. The van der Waals surface area contributed by atoms with Gasteiger partial charge in [0.2, 0.25) is 11.8 Å². The van der Waals surface area contributed by atoms with Crippen molar-refractivity contribution < 1.29 is 14.0 Å². The molecule has 2 aromatic rings. The number of halogens is 1. The Labute approximate surface area is 157 Å². The average Bonchev–Trinajstić information content (AvgIpc) is 2.64. The molecule has 6 nitrogen and oxygen atoms in total. The number of aromatic nitrogens is 1. The number of benzene rings is 1. The number of anilines is 1. The van der Waals surface area contributed by atoms with Crippen LogP contribution in [-0.4, -0.2) is 41.3 Å². The zero-order chi connectivity index (χ0) is 19.3. The quantitative estimate of drug-likeness (QED) is 0.847. The predicted octanol–water partition coefficient (Wildman–Crippen LogP) is 2.29. The number of pyridine rings is 1. The fourth-order valence-corrected chi connectivity index (χ4v) is 3.51. The fraction of sp³-hybridized carbons (Fsp3) is 0.350. The zero-order valence-corrected chi connectivity index (χ0v) is 15.2. The molecule has 2 heterocycles. The summed E-state index contributed by atoms with van der Waals surface area (Å²) in [7, 11) is 0.